The van der Waals surface area contributed by atoms with Gasteiger partial charge in [-0.2, -0.15) is 0 Å². The molecule has 3 aromatic heterocycles. The lowest BCUT2D eigenvalue weighted by molar-refractivity contribution is -0.148. The molecule has 1 atom stereocenters. The highest BCUT2D eigenvalue weighted by atomic mass is 16.4. The number of carbonyl (C=O) groups is 1. The molecule has 1 aliphatic rings. The first-order chi connectivity index (χ1) is 12.1. The summed E-state index contributed by atoms with van der Waals surface area (Å²) in [6, 6.07) is 1.96. The molecule has 0 aromatic carbocycles. The van der Waals surface area contributed by atoms with Crippen molar-refractivity contribution in [1.82, 2.24) is 19.9 Å². The number of rotatable bonds is 3. The first-order valence-electron chi connectivity index (χ1n) is 8.28. The molecule has 3 aromatic rings. The summed E-state index contributed by atoms with van der Waals surface area (Å²) in [5, 5.41) is 10.6. The smallest absolute Gasteiger partial charge is 0.311 e. The predicted octanol–water partition coefficient (Wildman–Crippen LogP) is 2.71. The van der Waals surface area contributed by atoms with Crippen LogP contribution in [0.2, 0.25) is 0 Å². The topological polar surface area (TPSA) is 95.0 Å². The lowest BCUT2D eigenvalue weighted by Gasteiger charge is -2.39. The van der Waals surface area contributed by atoms with Gasteiger partial charge in [-0.05, 0) is 25.8 Å². The van der Waals surface area contributed by atoms with Gasteiger partial charge in [-0.25, -0.2) is 15.0 Å². The fourth-order valence-electron chi connectivity index (χ4n) is 3.59. The van der Waals surface area contributed by atoms with Gasteiger partial charge in [0.15, 0.2) is 0 Å². The van der Waals surface area contributed by atoms with Gasteiger partial charge in [0.05, 0.1) is 10.8 Å². The maximum Gasteiger partial charge on any atom is 0.311 e. The van der Waals surface area contributed by atoms with Gasteiger partial charge in [0.25, 0.3) is 0 Å². The number of carboxylic acids is 1. The van der Waals surface area contributed by atoms with E-state index in [2.05, 4.69) is 24.8 Å². The first-order valence-corrected chi connectivity index (χ1v) is 8.28. The van der Waals surface area contributed by atoms with E-state index in [9.17, 15) is 9.90 Å². The Labute approximate surface area is 144 Å². The van der Waals surface area contributed by atoms with Crippen LogP contribution in [0.25, 0.3) is 22.2 Å². The molecular formula is C18H19N5O2. The average Bonchev–Trinajstić information content (AvgIpc) is 3.06. The van der Waals surface area contributed by atoms with Gasteiger partial charge in [-0.1, -0.05) is 0 Å². The summed E-state index contributed by atoms with van der Waals surface area (Å²) in [5.74, 6) is -0.742. The molecule has 0 aliphatic carbocycles. The lowest BCUT2D eigenvalue weighted by Crippen LogP contribution is -2.46. The van der Waals surface area contributed by atoms with Crippen LogP contribution in [0, 0.1) is 5.41 Å². The number of nitrogens with one attached hydrogen (secondary N) is 1. The number of carboxylic acid groups (broad SMARTS) is 1. The Morgan fingerprint density at radius 2 is 2.16 bits per heavy atom. The van der Waals surface area contributed by atoms with Gasteiger partial charge in [0, 0.05) is 54.7 Å². The van der Waals surface area contributed by atoms with Gasteiger partial charge < -0.3 is 15.0 Å². The largest absolute Gasteiger partial charge is 0.481 e. The zero-order valence-corrected chi connectivity index (χ0v) is 13.9. The normalized spacial score (nSPS) is 20.8. The molecule has 7 nitrogen and oxygen atoms in total. The summed E-state index contributed by atoms with van der Waals surface area (Å²) in [7, 11) is 0. The van der Waals surface area contributed by atoms with Gasteiger partial charge >= 0.3 is 5.97 Å². The maximum atomic E-state index is 11.7. The molecule has 0 spiro atoms. The van der Waals surface area contributed by atoms with Crippen molar-refractivity contribution in [1.29, 1.82) is 0 Å². The number of aromatic nitrogens is 4. The zero-order valence-electron chi connectivity index (χ0n) is 13.9. The van der Waals surface area contributed by atoms with E-state index >= 15 is 0 Å². The van der Waals surface area contributed by atoms with Crippen LogP contribution < -0.4 is 4.90 Å². The van der Waals surface area contributed by atoms with Crippen LogP contribution in [0.3, 0.4) is 0 Å². The highest BCUT2D eigenvalue weighted by molar-refractivity contribution is 6.02. The van der Waals surface area contributed by atoms with Crippen LogP contribution in [0.1, 0.15) is 19.8 Å². The number of anilines is 1. The van der Waals surface area contributed by atoms with Gasteiger partial charge in [-0.15, -0.1) is 0 Å². The molecule has 4 rings (SSSR count). The van der Waals surface area contributed by atoms with Crippen molar-refractivity contribution < 1.29 is 9.90 Å². The fraction of sp³-hybridized carbons (Fsp3) is 0.333. The van der Waals surface area contributed by atoms with E-state index < -0.39 is 11.4 Å². The minimum atomic E-state index is -0.742. The van der Waals surface area contributed by atoms with Crippen molar-refractivity contribution in [3.05, 3.63) is 37.2 Å². The highest BCUT2D eigenvalue weighted by Crippen LogP contribution is 2.38. The molecule has 1 unspecified atom stereocenters. The van der Waals surface area contributed by atoms with Crippen molar-refractivity contribution in [3.63, 3.8) is 0 Å². The number of hydrogen-bond acceptors (Lipinski definition) is 5. The zero-order chi connectivity index (χ0) is 17.4. The number of fused-ring (bicyclic) bond motifs is 1. The van der Waals surface area contributed by atoms with Crippen LogP contribution in [0.4, 0.5) is 5.69 Å². The lowest BCUT2D eigenvalue weighted by atomic mass is 9.81. The summed E-state index contributed by atoms with van der Waals surface area (Å²) in [4.78, 5) is 29.7. The number of hydrogen-bond donors (Lipinski definition) is 2. The number of aliphatic carboxylic acids is 1. The van der Waals surface area contributed by atoms with Crippen LogP contribution in [0.15, 0.2) is 37.2 Å². The Balaban J connectivity index is 1.83. The van der Waals surface area contributed by atoms with Crippen molar-refractivity contribution in [2.75, 3.05) is 18.0 Å². The second-order valence-corrected chi connectivity index (χ2v) is 6.77. The third kappa shape index (κ3) is 2.61. The molecule has 0 amide bonds. The van der Waals surface area contributed by atoms with Gasteiger partial charge in [0.1, 0.15) is 12.0 Å². The van der Waals surface area contributed by atoms with E-state index in [-0.39, 0.29) is 0 Å². The van der Waals surface area contributed by atoms with E-state index in [1.807, 2.05) is 19.2 Å². The van der Waals surface area contributed by atoms with Crippen molar-refractivity contribution in [3.8, 4) is 11.1 Å². The Morgan fingerprint density at radius 1 is 1.36 bits per heavy atom. The molecule has 1 fully saturated rings. The van der Waals surface area contributed by atoms with E-state index in [1.54, 1.807) is 18.6 Å². The quantitative estimate of drug-likeness (QED) is 0.763. The molecule has 1 saturated heterocycles. The first kappa shape index (κ1) is 15.6. The Kier molecular flexibility index (Phi) is 3.63. The van der Waals surface area contributed by atoms with E-state index in [0.717, 1.165) is 40.8 Å². The minimum Gasteiger partial charge on any atom is -0.481 e. The monoisotopic (exact) mass is 337 g/mol. The Morgan fingerprint density at radius 3 is 2.92 bits per heavy atom. The number of piperidine rings is 1. The van der Waals surface area contributed by atoms with Crippen LogP contribution in [-0.2, 0) is 4.79 Å². The predicted molar refractivity (Wildman–Crippen MR) is 94.3 cm³/mol. The molecule has 7 heteroatoms. The molecule has 1 aliphatic heterocycles. The van der Waals surface area contributed by atoms with E-state index in [1.165, 1.54) is 6.33 Å². The van der Waals surface area contributed by atoms with Gasteiger partial charge in [-0.3, -0.25) is 4.79 Å². The van der Waals surface area contributed by atoms with Crippen LogP contribution in [0.5, 0.6) is 0 Å². The molecule has 0 bridgehead atoms. The van der Waals surface area contributed by atoms with Gasteiger partial charge in [0.2, 0.25) is 0 Å². The Hall–Kier alpha value is -2.96. The number of nitrogens with zero attached hydrogens (tertiary/aromatic N) is 4. The second-order valence-electron chi connectivity index (χ2n) is 6.77. The second kappa shape index (κ2) is 5.84. The summed E-state index contributed by atoms with van der Waals surface area (Å²) in [6.07, 6.45) is 10.2. The molecule has 25 heavy (non-hydrogen) atoms. The maximum absolute atomic E-state index is 11.7. The van der Waals surface area contributed by atoms with Crippen LogP contribution in [-0.4, -0.2) is 44.1 Å². The molecule has 128 valence electrons. The van der Waals surface area contributed by atoms with Crippen molar-refractivity contribution in [2.45, 2.75) is 19.8 Å². The third-order valence-corrected chi connectivity index (χ3v) is 4.98. The average molecular weight is 337 g/mol. The molecule has 4 heterocycles. The van der Waals surface area contributed by atoms with E-state index in [4.69, 9.17) is 0 Å². The molecule has 2 N–H and O–H groups in total. The highest BCUT2D eigenvalue weighted by Gasteiger charge is 2.38. The third-order valence-electron chi connectivity index (χ3n) is 4.98. The standard InChI is InChI=1S/C18H19N5O2/c1-18(17(24)25)4-2-6-23(10-18)14-3-5-21-16-15(14)13(9-22-16)12-7-19-11-20-8-12/h3,5,7-9,11H,2,4,6,10H2,1H3,(H,21,22)(H,24,25). The Bertz CT molecular complexity index is 924. The minimum absolute atomic E-state index is 0.483. The molecular weight excluding hydrogens is 318 g/mol. The number of pyridine rings is 1. The summed E-state index contributed by atoms with van der Waals surface area (Å²) >= 11 is 0. The summed E-state index contributed by atoms with van der Waals surface area (Å²) < 4.78 is 0. The van der Waals surface area contributed by atoms with E-state index in [0.29, 0.717) is 13.0 Å². The van der Waals surface area contributed by atoms with Crippen molar-refractivity contribution >= 4 is 22.7 Å². The fourth-order valence-corrected chi connectivity index (χ4v) is 3.59. The summed E-state index contributed by atoms with van der Waals surface area (Å²) in [6.45, 7) is 3.14. The van der Waals surface area contributed by atoms with Crippen molar-refractivity contribution in [2.24, 2.45) is 5.41 Å². The number of H-pyrrole nitrogens is 1. The molecule has 0 radical (unpaired) electrons. The molecule has 0 saturated carbocycles. The van der Waals surface area contributed by atoms with Crippen LogP contribution >= 0.6 is 0 Å². The summed E-state index contributed by atoms with van der Waals surface area (Å²) in [5.41, 5.74) is 2.92. The SMILES string of the molecule is CC1(C(=O)O)CCCN(c2ccnc3[nH]cc(-c4cncnc4)c23)C1. The number of aromatic amines is 1.